The Kier molecular flexibility index (Phi) is 23.1. The molecule has 0 spiro atoms. The Balaban J connectivity index is 1.87. The van der Waals surface area contributed by atoms with Gasteiger partial charge < -0.3 is 14.6 Å². The molecule has 6 nitrogen and oxygen atoms in total. The molecule has 2 aromatic rings. The summed E-state index contributed by atoms with van der Waals surface area (Å²) in [5.74, 6) is -1.30. The van der Waals surface area contributed by atoms with Crippen LogP contribution in [0.15, 0.2) is 106 Å². The highest BCUT2D eigenvalue weighted by Crippen LogP contribution is 2.41. The van der Waals surface area contributed by atoms with Gasteiger partial charge in [0.2, 0.25) is 0 Å². The van der Waals surface area contributed by atoms with Crippen LogP contribution in [0.4, 0.5) is 0 Å². The van der Waals surface area contributed by atoms with Gasteiger partial charge >= 0.3 is 17.9 Å². The maximum Gasteiger partial charge on any atom is 0.311 e. The standard InChI is InChI=1S/C52H72O6/c1-37(2)19-13-20-38(3)21-14-22-39(4)23-15-24-40(5)25-16-26-41(6)27-17-28-42(7)29-18-30-43(8)33-34-46-44(9)51(58-50(56)36-35-49(54)55)47-31-11-12-32-48(47)52(46)57-45(10)53/h11-12,19,21,23,25,27,29,31-33H,13-18,20,22,24,26,28,30,34-36H2,1-10H3,(H,54,55)/b38-21+,39-23+,40-25+,41-27+,42-29+,43-33+. The zero-order chi connectivity index (χ0) is 43.0. The highest BCUT2D eigenvalue weighted by atomic mass is 16.5. The number of hydrogen-bond acceptors (Lipinski definition) is 5. The summed E-state index contributed by atoms with van der Waals surface area (Å²) in [6.45, 7) is 20.9. The Hall–Kier alpha value is -4.71. The first-order valence-electron chi connectivity index (χ1n) is 21.3. The van der Waals surface area contributed by atoms with Crippen LogP contribution in [-0.2, 0) is 20.8 Å². The van der Waals surface area contributed by atoms with Crippen LogP contribution in [0.2, 0.25) is 0 Å². The molecule has 0 atom stereocenters. The third-order valence-corrected chi connectivity index (χ3v) is 10.4. The first-order chi connectivity index (χ1) is 27.6. The lowest BCUT2D eigenvalue weighted by atomic mass is 9.95. The van der Waals surface area contributed by atoms with E-state index in [2.05, 4.69) is 97.9 Å². The molecule has 0 saturated heterocycles. The van der Waals surface area contributed by atoms with Gasteiger partial charge in [-0.15, -0.1) is 0 Å². The number of carbonyl (C=O) groups is 3. The van der Waals surface area contributed by atoms with Gasteiger partial charge in [-0.05, 0) is 151 Å². The van der Waals surface area contributed by atoms with E-state index in [0.29, 0.717) is 34.3 Å². The zero-order valence-corrected chi connectivity index (χ0v) is 37.4. The van der Waals surface area contributed by atoms with Gasteiger partial charge in [-0.1, -0.05) is 106 Å². The normalized spacial score (nSPS) is 13.2. The van der Waals surface area contributed by atoms with Crippen LogP contribution in [-0.4, -0.2) is 23.0 Å². The minimum atomic E-state index is -1.06. The van der Waals surface area contributed by atoms with Crippen molar-refractivity contribution in [1.29, 1.82) is 0 Å². The lowest BCUT2D eigenvalue weighted by Crippen LogP contribution is -2.13. The first-order valence-corrected chi connectivity index (χ1v) is 21.3. The number of hydrogen-bond donors (Lipinski definition) is 1. The number of fused-ring (bicyclic) bond motifs is 1. The highest BCUT2D eigenvalue weighted by molar-refractivity contribution is 5.98. The number of carbonyl (C=O) groups excluding carboxylic acids is 2. The van der Waals surface area contributed by atoms with Crippen LogP contribution >= 0.6 is 0 Å². The second-order valence-electron chi connectivity index (χ2n) is 16.3. The van der Waals surface area contributed by atoms with E-state index in [1.165, 1.54) is 45.9 Å². The van der Waals surface area contributed by atoms with Crippen LogP contribution in [0, 0.1) is 6.92 Å². The molecule has 0 amide bonds. The van der Waals surface area contributed by atoms with Gasteiger partial charge in [0.15, 0.2) is 0 Å². The Bertz CT molecular complexity index is 1900. The molecule has 0 aliphatic rings. The summed E-state index contributed by atoms with van der Waals surface area (Å²) < 4.78 is 11.5. The van der Waals surface area contributed by atoms with Crippen LogP contribution in [0.3, 0.4) is 0 Å². The summed E-state index contributed by atoms with van der Waals surface area (Å²) in [6.07, 6.45) is 29.3. The lowest BCUT2D eigenvalue weighted by molar-refractivity contribution is -0.142. The molecule has 0 aromatic heterocycles. The molecule has 0 aliphatic heterocycles. The number of rotatable bonds is 25. The van der Waals surface area contributed by atoms with Crippen molar-refractivity contribution >= 4 is 28.7 Å². The van der Waals surface area contributed by atoms with Gasteiger partial charge in [0.05, 0.1) is 12.8 Å². The van der Waals surface area contributed by atoms with E-state index in [1.807, 2.05) is 31.2 Å². The molecule has 1 N–H and O–H groups in total. The predicted octanol–water partition coefficient (Wildman–Crippen LogP) is 14.7. The molecule has 0 aliphatic carbocycles. The second-order valence-corrected chi connectivity index (χ2v) is 16.3. The van der Waals surface area contributed by atoms with Crippen LogP contribution in [0.25, 0.3) is 10.8 Å². The van der Waals surface area contributed by atoms with Crippen molar-refractivity contribution in [1.82, 2.24) is 0 Å². The largest absolute Gasteiger partial charge is 0.481 e. The molecule has 58 heavy (non-hydrogen) atoms. The maximum atomic E-state index is 12.6. The fourth-order valence-corrected chi connectivity index (χ4v) is 6.77. The van der Waals surface area contributed by atoms with Gasteiger partial charge in [0.25, 0.3) is 0 Å². The van der Waals surface area contributed by atoms with Crippen molar-refractivity contribution in [3.63, 3.8) is 0 Å². The molecule has 0 bridgehead atoms. The van der Waals surface area contributed by atoms with E-state index in [9.17, 15) is 14.4 Å². The summed E-state index contributed by atoms with van der Waals surface area (Å²) >= 11 is 0. The highest BCUT2D eigenvalue weighted by Gasteiger charge is 2.22. The Morgan fingerprint density at radius 3 is 1.26 bits per heavy atom. The Labute approximate surface area is 350 Å². The zero-order valence-electron chi connectivity index (χ0n) is 37.4. The SMILES string of the molecule is CC(=O)Oc1c(C/C=C(\C)CC/C=C(\C)CC/C=C(\C)CC/C=C(\C)CC/C=C(\C)CC/C=C(\C)CCC=C(C)C)c(C)c(OC(=O)CCC(=O)O)c2ccccc12. The van der Waals surface area contributed by atoms with Crippen molar-refractivity contribution in [3.05, 3.63) is 117 Å². The fraction of sp³-hybridized carbons (Fsp3) is 0.481. The number of carboxylic acid groups (broad SMARTS) is 1. The number of benzene rings is 2. The predicted molar refractivity (Wildman–Crippen MR) is 244 cm³/mol. The molecule has 6 heteroatoms. The average molecular weight is 793 g/mol. The molecular formula is C52H72O6. The lowest BCUT2D eigenvalue weighted by Gasteiger charge is -2.19. The summed E-state index contributed by atoms with van der Waals surface area (Å²) in [5.41, 5.74) is 11.4. The van der Waals surface area contributed by atoms with Crippen LogP contribution < -0.4 is 9.47 Å². The van der Waals surface area contributed by atoms with Gasteiger partial charge in [-0.25, -0.2) is 0 Å². The molecule has 0 saturated carbocycles. The second kappa shape index (κ2) is 27.1. The number of esters is 2. The summed E-state index contributed by atoms with van der Waals surface area (Å²) in [7, 11) is 0. The summed E-state index contributed by atoms with van der Waals surface area (Å²) in [6, 6.07) is 7.31. The third kappa shape index (κ3) is 20.1. The molecule has 0 radical (unpaired) electrons. The van der Waals surface area contributed by atoms with E-state index in [4.69, 9.17) is 14.6 Å². The van der Waals surface area contributed by atoms with Crippen molar-refractivity contribution in [2.24, 2.45) is 0 Å². The van der Waals surface area contributed by atoms with Gasteiger partial charge in [-0.2, -0.15) is 0 Å². The van der Waals surface area contributed by atoms with Crippen molar-refractivity contribution < 1.29 is 29.0 Å². The topological polar surface area (TPSA) is 89.9 Å². The number of carboxylic acids is 1. The molecule has 0 unspecified atom stereocenters. The van der Waals surface area contributed by atoms with Crippen LogP contribution in [0.1, 0.15) is 163 Å². The average Bonchev–Trinajstić information content (AvgIpc) is 3.15. The Morgan fingerprint density at radius 1 is 0.500 bits per heavy atom. The fourth-order valence-electron chi connectivity index (χ4n) is 6.77. The molecule has 316 valence electrons. The Morgan fingerprint density at radius 2 is 0.879 bits per heavy atom. The van der Waals surface area contributed by atoms with Crippen molar-refractivity contribution in [3.8, 4) is 11.5 Å². The minimum Gasteiger partial charge on any atom is -0.481 e. The third-order valence-electron chi connectivity index (χ3n) is 10.4. The van der Waals surface area contributed by atoms with Crippen molar-refractivity contribution in [2.45, 2.75) is 166 Å². The van der Waals surface area contributed by atoms with Gasteiger partial charge in [-0.3, -0.25) is 14.4 Å². The minimum absolute atomic E-state index is 0.238. The van der Waals surface area contributed by atoms with E-state index >= 15 is 0 Å². The molecule has 0 heterocycles. The van der Waals surface area contributed by atoms with Gasteiger partial charge in [0, 0.05) is 23.3 Å². The van der Waals surface area contributed by atoms with E-state index in [0.717, 1.165) is 82.6 Å². The van der Waals surface area contributed by atoms with Crippen LogP contribution in [0.5, 0.6) is 11.5 Å². The van der Waals surface area contributed by atoms with E-state index in [-0.39, 0.29) is 12.8 Å². The quantitative estimate of drug-likeness (QED) is 0.0612. The van der Waals surface area contributed by atoms with E-state index in [1.54, 1.807) is 0 Å². The van der Waals surface area contributed by atoms with Gasteiger partial charge in [0.1, 0.15) is 11.5 Å². The molecule has 0 fully saturated rings. The molecule has 2 rings (SSSR count). The monoisotopic (exact) mass is 793 g/mol. The number of allylic oxidation sites excluding steroid dienone is 14. The first kappa shape index (κ1) is 49.4. The molecular weight excluding hydrogens is 721 g/mol. The summed E-state index contributed by atoms with van der Waals surface area (Å²) in [5, 5.41) is 10.3. The maximum absolute atomic E-state index is 12.6. The smallest absolute Gasteiger partial charge is 0.311 e. The van der Waals surface area contributed by atoms with Crippen molar-refractivity contribution in [2.75, 3.05) is 0 Å². The number of aliphatic carboxylic acids is 1. The number of ether oxygens (including phenoxy) is 2. The molecule has 2 aromatic carbocycles. The summed E-state index contributed by atoms with van der Waals surface area (Å²) in [4.78, 5) is 35.8. The van der Waals surface area contributed by atoms with E-state index < -0.39 is 17.9 Å².